The average Bonchev–Trinajstić information content (AvgIpc) is 2.97. The highest BCUT2D eigenvalue weighted by atomic mass is 32.1. The number of hydrogen-bond acceptors (Lipinski definition) is 6. The summed E-state index contributed by atoms with van der Waals surface area (Å²) >= 11 is 0.717. The molecule has 0 radical (unpaired) electrons. The predicted octanol–water partition coefficient (Wildman–Crippen LogP) is 3.31. The lowest BCUT2D eigenvalue weighted by atomic mass is 10.0. The molecule has 0 aliphatic rings. The highest BCUT2D eigenvalue weighted by molar-refractivity contribution is 7.17. The van der Waals surface area contributed by atoms with Crippen LogP contribution in [0.2, 0.25) is 0 Å². The van der Waals surface area contributed by atoms with Crippen LogP contribution in [0.3, 0.4) is 0 Å². The number of rotatable bonds is 5. The van der Waals surface area contributed by atoms with E-state index in [4.69, 9.17) is 4.74 Å². The molecule has 0 spiro atoms. The van der Waals surface area contributed by atoms with Crippen molar-refractivity contribution >= 4 is 28.1 Å². The monoisotopic (exact) mass is 319 g/mol. The minimum absolute atomic E-state index is 0.0977. The van der Waals surface area contributed by atoms with E-state index < -0.39 is 17.5 Å². The summed E-state index contributed by atoms with van der Waals surface area (Å²) < 4.78 is 4.93. The molecular weight excluding hydrogens is 306 g/mol. The Kier molecular flexibility index (Phi) is 4.67. The molecule has 1 heterocycles. The van der Waals surface area contributed by atoms with Crippen LogP contribution < -0.4 is 0 Å². The van der Waals surface area contributed by atoms with Gasteiger partial charge in [0.15, 0.2) is 6.61 Å². The first-order chi connectivity index (χ1) is 10.4. The number of hydrogen-bond donors (Lipinski definition) is 0. The first-order valence-corrected chi connectivity index (χ1v) is 7.22. The van der Waals surface area contributed by atoms with Crippen LogP contribution in [0.1, 0.15) is 31.2 Å². The van der Waals surface area contributed by atoms with Gasteiger partial charge in [-0.05, 0) is 31.5 Å². The number of benzene rings is 1. The van der Waals surface area contributed by atoms with Crippen molar-refractivity contribution in [2.75, 3.05) is 6.61 Å². The minimum Gasteiger partial charge on any atom is -0.453 e. The van der Waals surface area contributed by atoms with Crippen LogP contribution in [-0.2, 0) is 4.74 Å². The molecule has 0 atom stereocenters. The van der Waals surface area contributed by atoms with Gasteiger partial charge >= 0.3 is 11.0 Å². The Bertz CT molecular complexity index is 750. The summed E-state index contributed by atoms with van der Waals surface area (Å²) in [6, 6.07) is 8.00. The smallest absolute Gasteiger partial charge is 0.349 e. The van der Waals surface area contributed by atoms with Crippen molar-refractivity contribution in [2.45, 2.75) is 13.8 Å². The van der Waals surface area contributed by atoms with E-state index in [9.17, 15) is 19.7 Å². The highest BCUT2D eigenvalue weighted by Crippen LogP contribution is 2.24. The number of carbonyl (C=O) groups excluding carboxylic acids is 2. The van der Waals surface area contributed by atoms with Gasteiger partial charge in [0, 0.05) is 11.6 Å². The number of carbonyl (C=O) groups is 2. The maximum atomic E-state index is 12.1. The Morgan fingerprint density at radius 3 is 2.59 bits per heavy atom. The van der Waals surface area contributed by atoms with Gasteiger partial charge in [0.05, 0.1) is 4.92 Å². The molecule has 0 aliphatic heterocycles. The van der Waals surface area contributed by atoms with Crippen LogP contribution in [0.5, 0.6) is 0 Å². The zero-order valence-electron chi connectivity index (χ0n) is 12.0. The third kappa shape index (κ3) is 3.56. The lowest BCUT2D eigenvalue weighted by Crippen LogP contribution is -2.14. The van der Waals surface area contributed by atoms with Gasteiger partial charge in [-0.1, -0.05) is 29.0 Å². The first-order valence-electron chi connectivity index (χ1n) is 6.40. The summed E-state index contributed by atoms with van der Waals surface area (Å²) in [7, 11) is 0. The summed E-state index contributed by atoms with van der Waals surface area (Å²) in [5, 5.41) is 10.4. The Labute approximate surface area is 130 Å². The van der Waals surface area contributed by atoms with Crippen molar-refractivity contribution < 1.29 is 19.2 Å². The fourth-order valence-electron chi connectivity index (χ4n) is 1.85. The molecule has 2 aromatic rings. The maximum absolute atomic E-state index is 12.1. The molecule has 0 aliphatic carbocycles. The van der Waals surface area contributed by atoms with Crippen molar-refractivity contribution in [3.05, 3.63) is 62.0 Å². The van der Waals surface area contributed by atoms with Crippen LogP contribution in [0.4, 0.5) is 5.00 Å². The largest absolute Gasteiger partial charge is 0.453 e. The van der Waals surface area contributed by atoms with Gasteiger partial charge < -0.3 is 4.74 Å². The van der Waals surface area contributed by atoms with Gasteiger partial charge in [0.1, 0.15) is 4.88 Å². The second-order valence-corrected chi connectivity index (χ2v) is 5.77. The van der Waals surface area contributed by atoms with E-state index in [1.54, 1.807) is 13.0 Å². The number of thiophene rings is 1. The zero-order chi connectivity index (χ0) is 16.3. The Morgan fingerprint density at radius 1 is 1.23 bits per heavy atom. The van der Waals surface area contributed by atoms with E-state index in [1.165, 1.54) is 12.1 Å². The van der Waals surface area contributed by atoms with E-state index in [2.05, 4.69) is 0 Å². The molecule has 7 heteroatoms. The molecule has 2 rings (SSSR count). The number of ether oxygens (including phenoxy) is 1. The van der Waals surface area contributed by atoms with Crippen molar-refractivity contribution in [3.8, 4) is 0 Å². The molecule has 0 unspecified atom stereocenters. The van der Waals surface area contributed by atoms with Crippen LogP contribution in [-0.4, -0.2) is 23.3 Å². The van der Waals surface area contributed by atoms with Gasteiger partial charge in [0.2, 0.25) is 5.78 Å². The Hall–Kier alpha value is -2.54. The Morgan fingerprint density at radius 2 is 1.95 bits per heavy atom. The van der Waals surface area contributed by atoms with E-state index >= 15 is 0 Å². The number of aryl methyl sites for hydroxylation is 2. The molecule has 22 heavy (non-hydrogen) atoms. The van der Waals surface area contributed by atoms with Crippen molar-refractivity contribution in [1.82, 2.24) is 0 Å². The van der Waals surface area contributed by atoms with E-state index in [-0.39, 0.29) is 15.7 Å². The fourth-order valence-corrected chi connectivity index (χ4v) is 2.57. The number of nitro groups is 1. The molecule has 114 valence electrons. The minimum atomic E-state index is -0.739. The molecule has 1 aromatic heterocycles. The number of Topliss-reactive ketones (excluding diaryl/α,β-unsaturated/α-hetero) is 1. The molecule has 0 saturated carbocycles. The summed E-state index contributed by atoms with van der Waals surface area (Å²) in [4.78, 5) is 34.0. The van der Waals surface area contributed by atoms with Crippen molar-refractivity contribution in [1.29, 1.82) is 0 Å². The third-order valence-corrected chi connectivity index (χ3v) is 4.02. The molecule has 0 bridgehead atoms. The van der Waals surface area contributed by atoms with Gasteiger partial charge in [-0.2, -0.15) is 0 Å². The molecule has 6 nitrogen and oxygen atoms in total. The summed E-state index contributed by atoms with van der Waals surface area (Å²) in [6.45, 7) is 3.28. The average molecular weight is 319 g/mol. The van der Waals surface area contributed by atoms with Gasteiger partial charge in [-0.15, -0.1) is 0 Å². The maximum Gasteiger partial charge on any atom is 0.349 e. The normalized spacial score (nSPS) is 10.3. The standard InChI is InChI=1S/C15H13NO5S/c1-9-3-4-10(2)11(7-9)12(17)8-21-15(18)13-5-6-14(22-13)16(19)20/h3-7H,8H2,1-2H3. The Balaban J connectivity index is 2.02. The number of ketones is 1. The quantitative estimate of drug-likeness (QED) is 0.365. The first kappa shape index (κ1) is 15.8. The molecular formula is C15H13NO5S. The second kappa shape index (κ2) is 6.48. The fraction of sp³-hybridized carbons (Fsp3) is 0.200. The van der Waals surface area contributed by atoms with Crippen LogP contribution >= 0.6 is 11.3 Å². The SMILES string of the molecule is Cc1ccc(C)c(C(=O)COC(=O)c2ccc([N+](=O)[O-])s2)c1. The lowest BCUT2D eigenvalue weighted by Gasteiger charge is -2.06. The van der Waals surface area contributed by atoms with Crippen molar-refractivity contribution in [3.63, 3.8) is 0 Å². The molecule has 0 saturated heterocycles. The highest BCUT2D eigenvalue weighted by Gasteiger charge is 2.18. The van der Waals surface area contributed by atoms with Gasteiger partial charge in [-0.3, -0.25) is 14.9 Å². The van der Waals surface area contributed by atoms with E-state index in [0.717, 1.165) is 22.5 Å². The third-order valence-electron chi connectivity index (χ3n) is 3.00. The predicted molar refractivity (Wildman–Crippen MR) is 81.5 cm³/mol. The summed E-state index contributed by atoms with van der Waals surface area (Å²) in [5.74, 6) is -1.04. The number of esters is 1. The molecule has 0 fully saturated rings. The molecule has 0 N–H and O–H groups in total. The lowest BCUT2D eigenvalue weighted by molar-refractivity contribution is -0.380. The molecule has 1 aromatic carbocycles. The van der Waals surface area contributed by atoms with Crippen molar-refractivity contribution in [2.24, 2.45) is 0 Å². The van der Waals surface area contributed by atoms with Crippen LogP contribution in [0, 0.1) is 24.0 Å². The topological polar surface area (TPSA) is 86.5 Å². The molecule has 0 amide bonds. The van der Waals surface area contributed by atoms with Crippen LogP contribution in [0.15, 0.2) is 30.3 Å². The van der Waals surface area contributed by atoms with Gasteiger partial charge in [-0.25, -0.2) is 4.79 Å². The number of nitrogens with zero attached hydrogens (tertiary/aromatic N) is 1. The van der Waals surface area contributed by atoms with E-state index in [1.807, 2.05) is 19.1 Å². The second-order valence-electron chi connectivity index (χ2n) is 4.71. The zero-order valence-corrected chi connectivity index (χ0v) is 12.8. The van der Waals surface area contributed by atoms with E-state index in [0.29, 0.717) is 5.56 Å². The summed E-state index contributed by atoms with van der Waals surface area (Å²) in [6.07, 6.45) is 0. The van der Waals surface area contributed by atoms with Crippen LogP contribution in [0.25, 0.3) is 0 Å². The van der Waals surface area contributed by atoms with Gasteiger partial charge in [0.25, 0.3) is 0 Å². The summed E-state index contributed by atoms with van der Waals surface area (Å²) in [5.41, 5.74) is 2.25.